The van der Waals surface area contributed by atoms with E-state index < -0.39 is 0 Å². The summed E-state index contributed by atoms with van der Waals surface area (Å²) >= 11 is 0. The van der Waals surface area contributed by atoms with Gasteiger partial charge in [0.15, 0.2) is 0 Å². The molecular formula is C7H8N2O2. The minimum atomic E-state index is -0.251. The minimum absolute atomic E-state index is 0.0827. The highest BCUT2D eigenvalue weighted by atomic mass is 16.2. The number of imide groups is 1. The number of carbonyl (C=O) groups is 2. The normalized spacial score (nSPS) is 18.3. The van der Waals surface area contributed by atoms with Gasteiger partial charge in [0.25, 0.3) is 0 Å². The Morgan fingerprint density at radius 1 is 1.45 bits per heavy atom. The number of carbonyl (C=O) groups excluding carboxylic acids is 2. The molecule has 1 N–H and O–H groups in total. The highest BCUT2D eigenvalue weighted by Crippen LogP contribution is 1.94. The van der Waals surface area contributed by atoms with Crippen molar-refractivity contribution in [3.63, 3.8) is 0 Å². The number of piperazine rings is 1. The van der Waals surface area contributed by atoms with Crippen LogP contribution in [0.5, 0.6) is 0 Å². The van der Waals surface area contributed by atoms with Crippen LogP contribution < -0.4 is 5.32 Å². The fourth-order valence-corrected chi connectivity index (χ4v) is 0.874. The summed E-state index contributed by atoms with van der Waals surface area (Å²) in [7, 11) is 0. The van der Waals surface area contributed by atoms with Crippen molar-refractivity contribution in [3.05, 3.63) is 0 Å². The molecule has 1 aliphatic heterocycles. The SMILES string of the molecule is C#CCN1C(=O)CNCC1=O. The van der Waals surface area contributed by atoms with Crippen LogP contribution in [0.25, 0.3) is 0 Å². The summed E-state index contributed by atoms with van der Waals surface area (Å²) in [6, 6.07) is 0. The molecule has 0 aromatic carbocycles. The molecule has 1 saturated heterocycles. The van der Waals surface area contributed by atoms with E-state index in [9.17, 15) is 9.59 Å². The quantitative estimate of drug-likeness (QED) is 0.370. The van der Waals surface area contributed by atoms with E-state index in [1.165, 1.54) is 0 Å². The van der Waals surface area contributed by atoms with Crippen molar-refractivity contribution in [1.82, 2.24) is 10.2 Å². The van der Waals surface area contributed by atoms with E-state index in [1.807, 2.05) is 0 Å². The third kappa shape index (κ3) is 1.57. The van der Waals surface area contributed by atoms with Gasteiger partial charge in [0.2, 0.25) is 11.8 Å². The second-order valence-corrected chi connectivity index (χ2v) is 2.18. The van der Waals surface area contributed by atoms with Crippen molar-refractivity contribution in [1.29, 1.82) is 0 Å². The van der Waals surface area contributed by atoms with Crippen LogP contribution in [0, 0.1) is 12.3 Å². The summed E-state index contributed by atoms with van der Waals surface area (Å²) in [5.74, 6) is 1.75. The fourth-order valence-electron chi connectivity index (χ4n) is 0.874. The summed E-state index contributed by atoms with van der Waals surface area (Å²) in [6.45, 7) is 0.486. The smallest absolute Gasteiger partial charge is 0.244 e. The maximum absolute atomic E-state index is 10.9. The first kappa shape index (κ1) is 7.76. The molecular weight excluding hydrogens is 144 g/mol. The van der Waals surface area contributed by atoms with E-state index in [4.69, 9.17) is 6.42 Å². The van der Waals surface area contributed by atoms with Gasteiger partial charge in [-0.15, -0.1) is 6.42 Å². The van der Waals surface area contributed by atoms with Crippen LogP contribution in [-0.4, -0.2) is 36.3 Å². The number of terminal acetylenes is 1. The van der Waals surface area contributed by atoms with Crippen LogP contribution in [0.4, 0.5) is 0 Å². The third-order valence-corrected chi connectivity index (χ3v) is 1.40. The topological polar surface area (TPSA) is 49.4 Å². The largest absolute Gasteiger partial charge is 0.300 e. The molecule has 0 atom stereocenters. The average Bonchev–Trinajstić information content (AvgIpc) is 1.97. The van der Waals surface area contributed by atoms with Crippen molar-refractivity contribution < 1.29 is 9.59 Å². The van der Waals surface area contributed by atoms with Gasteiger partial charge in [0.1, 0.15) is 0 Å². The lowest BCUT2D eigenvalue weighted by molar-refractivity contribution is -0.145. The van der Waals surface area contributed by atoms with Crippen LogP contribution in [0.1, 0.15) is 0 Å². The lowest BCUT2D eigenvalue weighted by Crippen LogP contribution is -2.52. The zero-order chi connectivity index (χ0) is 8.27. The Morgan fingerprint density at radius 2 is 2.00 bits per heavy atom. The van der Waals surface area contributed by atoms with Gasteiger partial charge in [-0.3, -0.25) is 19.8 Å². The Kier molecular flexibility index (Phi) is 2.24. The van der Waals surface area contributed by atoms with Gasteiger partial charge in [-0.1, -0.05) is 5.92 Å². The van der Waals surface area contributed by atoms with E-state index in [0.717, 1.165) is 4.90 Å². The molecule has 58 valence electrons. The maximum Gasteiger partial charge on any atom is 0.244 e. The van der Waals surface area contributed by atoms with Gasteiger partial charge in [-0.25, -0.2) is 0 Å². The number of hydrogen-bond acceptors (Lipinski definition) is 3. The van der Waals surface area contributed by atoms with Gasteiger partial charge < -0.3 is 0 Å². The number of hydrogen-bond donors (Lipinski definition) is 1. The molecule has 0 bridgehead atoms. The predicted octanol–water partition coefficient (Wildman–Crippen LogP) is -1.42. The Morgan fingerprint density at radius 3 is 2.45 bits per heavy atom. The zero-order valence-corrected chi connectivity index (χ0v) is 5.96. The van der Waals surface area contributed by atoms with Crippen LogP contribution in [0.2, 0.25) is 0 Å². The number of rotatable bonds is 1. The third-order valence-electron chi connectivity index (χ3n) is 1.40. The van der Waals surface area contributed by atoms with Gasteiger partial charge in [-0.2, -0.15) is 0 Å². The summed E-state index contributed by atoms with van der Waals surface area (Å²) in [5, 5.41) is 2.66. The number of amides is 2. The van der Waals surface area contributed by atoms with Gasteiger partial charge in [-0.05, 0) is 0 Å². The molecule has 1 aliphatic rings. The van der Waals surface area contributed by atoms with Crippen molar-refractivity contribution >= 4 is 11.8 Å². The molecule has 0 aromatic heterocycles. The molecule has 4 heteroatoms. The molecule has 1 rings (SSSR count). The summed E-state index contributed by atoms with van der Waals surface area (Å²) in [5.41, 5.74) is 0. The lowest BCUT2D eigenvalue weighted by Gasteiger charge is -2.22. The molecule has 0 radical (unpaired) electrons. The van der Waals surface area contributed by atoms with Crippen molar-refractivity contribution in [2.75, 3.05) is 19.6 Å². The molecule has 0 aliphatic carbocycles. The summed E-state index contributed by atoms with van der Waals surface area (Å²) in [6.07, 6.45) is 4.97. The first-order chi connectivity index (χ1) is 5.25. The molecule has 4 nitrogen and oxygen atoms in total. The molecule has 11 heavy (non-hydrogen) atoms. The van der Waals surface area contributed by atoms with E-state index in [2.05, 4.69) is 11.2 Å². The highest BCUT2D eigenvalue weighted by Gasteiger charge is 2.23. The van der Waals surface area contributed by atoms with Gasteiger partial charge in [0.05, 0.1) is 19.6 Å². The molecule has 0 unspecified atom stereocenters. The van der Waals surface area contributed by atoms with Crippen molar-refractivity contribution in [2.45, 2.75) is 0 Å². The number of nitrogens with one attached hydrogen (secondary N) is 1. The zero-order valence-electron chi connectivity index (χ0n) is 5.96. The Hall–Kier alpha value is -1.34. The van der Waals surface area contributed by atoms with E-state index >= 15 is 0 Å². The lowest BCUT2D eigenvalue weighted by atomic mass is 10.3. The van der Waals surface area contributed by atoms with Crippen LogP contribution >= 0.6 is 0 Å². The van der Waals surface area contributed by atoms with Gasteiger partial charge >= 0.3 is 0 Å². The van der Waals surface area contributed by atoms with Crippen molar-refractivity contribution in [2.24, 2.45) is 0 Å². The average molecular weight is 152 g/mol. The molecule has 1 heterocycles. The van der Waals surface area contributed by atoms with E-state index in [1.54, 1.807) is 0 Å². The first-order valence-electron chi connectivity index (χ1n) is 3.23. The second kappa shape index (κ2) is 3.17. The fraction of sp³-hybridized carbons (Fsp3) is 0.429. The molecule has 2 amide bonds. The number of nitrogens with zero attached hydrogens (tertiary/aromatic N) is 1. The first-order valence-corrected chi connectivity index (χ1v) is 3.23. The predicted molar refractivity (Wildman–Crippen MR) is 38.4 cm³/mol. The summed E-state index contributed by atoms with van der Waals surface area (Å²) in [4.78, 5) is 23.0. The molecule has 0 spiro atoms. The van der Waals surface area contributed by atoms with Crippen molar-refractivity contribution in [3.8, 4) is 12.3 Å². The highest BCUT2D eigenvalue weighted by molar-refractivity contribution is 5.99. The van der Waals surface area contributed by atoms with E-state index in [-0.39, 0.29) is 31.4 Å². The molecule has 0 saturated carbocycles. The molecule has 1 fully saturated rings. The Bertz CT molecular complexity index is 213. The second-order valence-electron chi connectivity index (χ2n) is 2.18. The molecule has 0 aromatic rings. The maximum atomic E-state index is 10.9. The van der Waals surface area contributed by atoms with Crippen LogP contribution in [0.15, 0.2) is 0 Å². The Labute approximate surface area is 64.6 Å². The monoisotopic (exact) mass is 152 g/mol. The van der Waals surface area contributed by atoms with Crippen LogP contribution in [0.3, 0.4) is 0 Å². The van der Waals surface area contributed by atoms with Crippen LogP contribution in [-0.2, 0) is 9.59 Å². The minimum Gasteiger partial charge on any atom is -0.300 e. The Balaban J connectivity index is 2.64. The summed E-state index contributed by atoms with van der Waals surface area (Å²) < 4.78 is 0. The van der Waals surface area contributed by atoms with Gasteiger partial charge in [0, 0.05) is 0 Å². The standard InChI is InChI=1S/C7H8N2O2/c1-2-3-9-6(10)4-8-5-7(9)11/h1,8H,3-5H2. The van der Waals surface area contributed by atoms with E-state index in [0.29, 0.717) is 0 Å².